The number of fused-ring (bicyclic) bond motifs is 5. The summed E-state index contributed by atoms with van der Waals surface area (Å²) in [5, 5.41) is 22.9. The van der Waals surface area contributed by atoms with Gasteiger partial charge in [-0.25, -0.2) is 0 Å². The Bertz CT molecular complexity index is 1110. The van der Waals surface area contributed by atoms with Gasteiger partial charge in [0.1, 0.15) is 0 Å². The zero-order valence-electron chi connectivity index (χ0n) is 30.4. The monoisotopic (exact) mass is 618 g/mol. The lowest BCUT2D eigenvalue weighted by molar-refractivity contribution is -0.231. The second kappa shape index (κ2) is 11.6. The predicted molar refractivity (Wildman–Crippen MR) is 178 cm³/mol. The van der Waals surface area contributed by atoms with Crippen LogP contribution in [0.5, 0.6) is 0 Å². The minimum atomic E-state index is -0.643. The van der Waals surface area contributed by atoms with Gasteiger partial charge in [-0.15, -0.1) is 0 Å². The number of ether oxygens (including phenoxy) is 2. The molecule has 3 saturated carbocycles. The molecule has 254 valence electrons. The highest BCUT2D eigenvalue weighted by Crippen LogP contribution is 2.74. The second-order valence-corrected chi connectivity index (χ2v) is 18.4. The molecule has 0 aromatic rings. The van der Waals surface area contributed by atoms with Crippen molar-refractivity contribution in [3.05, 3.63) is 11.6 Å². The topological polar surface area (TPSA) is 102 Å². The maximum absolute atomic E-state index is 13.3. The predicted octanol–water partition coefficient (Wildman–Crippen LogP) is 7.72. The number of rotatable bonds is 8. The van der Waals surface area contributed by atoms with Crippen LogP contribution in [0.1, 0.15) is 122 Å². The minimum absolute atomic E-state index is 0.0609. The summed E-state index contributed by atoms with van der Waals surface area (Å²) in [6.45, 7) is 27.2. The standard InChI is InChI=1S/C38H67NO5/c1-22(2)23(3)35(10)18-19-36(11)25-14-15-28-34(8,9)31(44-21-29(39)33(5,6)7)27(43-13)20-38(28,24(4)40)26(25)16-17-37(36,12)30(35)32(41)42/h16,22-25,27-31,40H,14-15,17-21,39H2,1-13H3,(H,41,42)/t23-,24+,25+,27-,28+,29+,30-,31+,35-,36-,37+,38+/m1/s1. The van der Waals surface area contributed by atoms with Crippen molar-refractivity contribution in [3.8, 4) is 0 Å². The molecule has 12 atom stereocenters. The van der Waals surface area contributed by atoms with Crippen LogP contribution in [0.15, 0.2) is 11.6 Å². The summed E-state index contributed by atoms with van der Waals surface area (Å²) in [7, 11) is 1.78. The van der Waals surface area contributed by atoms with E-state index in [1.807, 2.05) is 6.92 Å². The van der Waals surface area contributed by atoms with E-state index in [1.165, 1.54) is 5.57 Å². The first-order valence-corrected chi connectivity index (χ1v) is 17.6. The van der Waals surface area contributed by atoms with E-state index in [4.69, 9.17) is 15.2 Å². The van der Waals surface area contributed by atoms with Gasteiger partial charge in [0.05, 0.1) is 30.8 Å². The number of carboxylic acid groups (broad SMARTS) is 1. The molecule has 4 aliphatic carbocycles. The molecule has 6 heteroatoms. The van der Waals surface area contributed by atoms with Gasteiger partial charge in [0.25, 0.3) is 0 Å². The fourth-order valence-electron chi connectivity index (χ4n) is 11.4. The quantitative estimate of drug-likeness (QED) is 0.241. The number of carbonyl (C=O) groups is 1. The number of aliphatic hydroxyl groups is 1. The van der Waals surface area contributed by atoms with Gasteiger partial charge in [0.15, 0.2) is 0 Å². The van der Waals surface area contributed by atoms with Crippen LogP contribution in [-0.2, 0) is 14.3 Å². The smallest absolute Gasteiger partial charge is 0.307 e. The minimum Gasteiger partial charge on any atom is -0.481 e. The molecule has 0 unspecified atom stereocenters. The van der Waals surface area contributed by atoms with Gasteiger partial charge >= 0.3 is 5.97 Å². The molecule has 0 aliphatic heterocycles. The van der Waals surface area contributed by atoms with E-state index in [1.54, 1.807) is 7.11 Å². The Balaban J connectivity index is 1.80. The zero-order chi connectivity index (χ0) is 33.4. The summed E-state index contributed by atoms with van der Waals surface area (Å²) in [5.41, 5.74) is 6.32. The number of aliphatic hydroxyl groups excluding tert-OH is 1. The molecule has 0 aromatic carbocycles. The average Bonchev–Trinajstić information content (AvgIpc) is 2.91. The van der Waals surface area contributed by atoms with Crippen molar-refractivity contribution in [2.45, 2.75) is 146 Å². The Morgan fingerprint density at radius 2 is 1.66 bits per heavy atom. The number of hydrogen-bond donors (Lipinski definition) is 3. The van der Waals surface area contributed by atoms with Gasteiger partial charge in [-0.2, -0.15) is 0 Å². The van der Waals surface area contributed by atoms with Crippen molar-refractivity contribution >= 4 is 5.97 Å². The van der Waals surface area contributed by atoms with E-state index in [2.05, 4.69) is 82.2 Å². The molecular formula is C38H67NO5. The lowest BCUT2D eigenvalue weighted by Crippen LogP contribution is -2.68. The van der Waals surface area contributed by atoms with Crippen molar-refractivity contribution in [2.24, 2.45) is 67.8 Å². The van der Waals surface area contributed by atoms with Crippen molar-refractivity contribution in [1.82, 2.24) is 0 Å². The largest absolute Gasteiger partial charge is 0.481 e. The molecule has 0 heterocycles. The number of methoxy groups -OCH3 is 1. The third-order valence-electron chi connectivity index (χ3n) is 15.0. The number of hydrogen-bond acceptors (Lipinski definition) is 5. The van der Waals surface area contributed by atoms with Crippen molar-refractivity contribution in [1.29, 1.82) is 0 Å². The molecule has 4 rings (SSSR count). The molecule has 44 heavy (non-hydrogen) atoms. The summed E-state index contributed by atoms with van der Waals surface area (Å²) in [4.78, 5) is 13.3. The SMILES string of the molecule is CO[C@@H]1C[C@]2([C@H](C)O)C3=CC[C@@]4(C)[C@H](C(=O)O)[C@@](C)([C@H](C)C(C)C)CC[C@]4(C)[C@H]3CC[C@H]2C(C)(C)[C@H]1OC[C@H](N)C(C)(C)C. The van der Waals surface area contributed by atoms with Gasteiger partial charge in [0.2, 0.25) is 0 Å². The fraction of sp³-hybridized carbons (Fsp3) is 0.921. The summed E-state index contributed by atoms with van der Waals surface area (Å²) in [5.74, 6) is 0.0898. The number of aliphatic carboxylic acids is 1. The van der Waals surface area contributed by atoms with Crippen LogP contribution in [0.4, 0.5) is 0 Å². The van der Waals surface area contributed by atoms with Gasteiger partial charge in [-0.05, 0) is 96.2 Å². The number of nitrogens with two attached hydrogens (primary N) is 1. The highest BCUT2D eigenvalue weighted by atomic mass is 16.5. The zero-order valence-corrected chi connectivity index (χ0v) is 30.4. The lowest BCUT2D eigenvalue weighted by atomic mass is 9.34. The van der Waals surface area contributed by atoms with E-state index in [9.17, 15) is 15.0 Å². The summed E-state index contributed by atoms with van der Waals surface area (Å²) in [6, 6.07) is -0.0914. The van der Waals surface area contributed by atoms with E-state index in [0.29, 0.717) is 24.9 Å². The highest BCUT2D eigenvalue weighted by molar-refractivity contribution is 5.73. The van der Waals surface area contributed by atoms with Crippen molar-refractivity contribution in [3.63, 3.8) is 0 Å². The average molecular weight is 618 g/mol. The molecule has 0 amide bonds. The van der Waals surface area contributed by atoms with Crippen molar-refractivity contribution in [2.75, 3.05) is 13.7 Å². The molecule has 0 radical (unpaired) electrons. The summed E-state index contributed by atoms with van der Waals surface area (Å²) < 4.78 is 13.0. The van der Waals surface area contributed by atoms with E-state index < -0.39 is 23.4 Å². The molecule has 4 N–H and O–H groups in total. The van der Waals surface area contributed by atoms with Gasteiger partial charge < -0.3 is 25.4 Å². The Hall–Kier alpha value is -0.950. The third kappa shape index (κ3) is 5.06. The molecule has 0 spiro atoms. The molecular weight excluding hydrogens is 550 g/mol. The third-order valence-corrected chi connectivity index (χ3v) is 15.0. The first-order chi connectivity index (χ1) is 20.1. The highest BCUT2D eigenvalue weighted by Gasteiger charge is 2.71. The number of carboxylic acids is 1. The van der Waals surface area contributed by atoms with Crippen LogP contribution in [0, 0.1) is 62.1 Å². The summed E-state index contributed by atoms with van der Waals surface area (Å²) >= 11 is 0. The Labute approximate surface area is 269 Å². The first-order valence-electron chi connectivity index (χ1n) is 17.6. The van der Waals surface area contributed by atoms with E-state index in [0.717, 1.165) is 32.1 Å². The Morgan fingerprint density at radius 1 is 1.05 bits per heavy atom. The summed E-state index contributed by atoms with van der Waals surface area (Å²) in [6.07, 6.45) is 6.87. The Morgan fingerprint density at radius 3 is 2.16 bits per heavy atom. The van der Waals surface area contributed by atoms with Crippen LogP contribution in [0.3, 0.4) is 0 Å². The molecule has 6 nitrogen and oxygen atoms in total. The van der Waals surface area contributed by atoms with Crippen molar-refractivity contribution < 1.29 is 24.5 Å². The Kier molecular flexibility index (Phi) is 9.49. The fourth-order valence-corrected chi connectivity index (χ4v) is 11.4. The molecule has 0 bridgehead atoms. The van der Waals surface area contributed by atoms with E-state index >= 15 is 0 Å². The lowest BCUT2D eigenvalue weighted by Gasteiger charge is -2.70. The van der Waals surface area contributed by atoms with Gasteiger partial charge in [-0.3, -0.25) is 4.79 Å². The van der Waals surface area contributed by atoms with Gasteiger partial charge in [0, 0.05) is 18.6 Å². The molecule has 3 fully saturated rings. The van der Waals surface area contributed by atoms with Crippen LogP contribution in [-0.4, -0.2) is 54.3 Å². The van der Waals surface area contributed by atoms with Crippen LogP contribution >= 0.6 is 0 Å². The van der Waals surface area contributed by atoms with Crippen LogP contribution in [0.2, 0.25) is 0 Å². The molecule has 0 saturated heterocycles. The van der Waals surface area contributed by atoms with Gasteiger partial charge in [-0.1, -0.05) is 87.8 Å². The maximum Gasteiger partial charge on any atom is 0.307 e. The van der Waals surface area contributed by atoms with Crippen LogP contribution < -0.4 is 5.73 Å². The second-order valence-electron chi connectivity index (χ2n) is 18.4. The molecule has 4 aliphatic rings. The first kappa shape index (κ1) is 35.9. The number of allylic oxidation sites excluding steroid dienone is 1. The maximum atomic E-state index is 13.3. The van der Waals surface area contributed by atoms with E-state index in [-0.39, 0.29) is 57.2 Å². The van der Waals surface area contributed by atoms with Crippen LogP contribution in [0.25, 0.3) is 0 Å². The normalized spacial score (nSPS) is 44.1. The molecule has 0 aromatic heterocycles.